The second-order valence-electron chi connectivity index (χ2n) is 3.68. The van der Waals surface area contributed by atoms with E-state index in [0.717, 1.165) is 25.7 Å². The van der Waals surface area contributed by atoms with E-state index in [1.807, 2.05) is 6.08 Å². The molecule has 0 amide bonds. The highest BCUT2D eigenvalue weighted by Gasteiger charge is 2.05. The van der Waals surface area contributed by atoms with Crippen molar-refractivity contribution in [3.8, 4) is 0 Å². The first kappa shape index (κ1) is 12.9. The van der Waals surface area contributed by atoms with Gasteiger partial charge in [-0.2, -0.15) is 0 Å². The number of carbonyl (C=O) groups is 1. The topological polar surface area (TPSA) is 30.0 Å². The number of halogens is 1. The SMILES string of the molecule is C=CCCCCCC(=O)c1ccc(Cl)nc1. The molecule has 0 aliphatic carbocycles. The number of rotatable bonds is 7. The molecule has 2 nitrogen and oxygen atoms in total. The normalized spacial score (nSPS) is 10.1. The van der Waals surface area contributed by atoms with Crippen LogP contribution in [0.15, 0.2) is 31.0 Å². The molecule has 0 aliphatic heterocycles. The maximum atomic E-state index is 11.7. The minimum atomic E-state index is 0.141. The first-order chi connectivity index (χ1) is 7.74. The molecule has 0 radical (unpaired) electrons. The van der Waals surface area contributed by atoms with Crippen LogP contribution in [-0.2, 0) is 0 Å². The molecule has 1 rings (SSSR count). The molecule has 0 saturated heterocycles. The third-order valence-corrected chi connectivity index (χ3v) is 2.59. The number of ketones is 1. The van der Waals surface area contributed by atoms with Crippen LogP contribution in [0.1, 0.15) is 42.5 Å². The fraction of sp³-hybridized carbons (Fsp3) is 0.385. The molecular weight excluding hydrogens is 222 g/mol. The third kappa shape index (κ3) is 4.58. The number of allylic oxidation sites excluding steroid dienone is 1. The molecule has 0 aliphatic rings. The Kier molecular flexibility index (Phi) is 5.79. The van der Waals surface area contributed by atoms with Gasteiger partial charge in [0.05, 0.1) is 0 Å². The zero-order valence-electron chi connectivity index (χ0n) is 9.29. The van der Waals surface area contributed by atoms with E-state index in [0.29, 0.717) is 17.1 Å². The number of Topliss-reactive ketones (excluding diaryl/α,β-unsaturated/α-hetero) is 1. The van der Waals surface area contributed by atoms with E-state index >= 15 is 0 Å². The Balaban J connectivity index is 2.29. The van der Waals surface area contributed by atoms with E-state index in [9.17, 15) is 4.79 Å². The van der Waals surface area contributed by atoms with Gasteiger partial charge in [-0.1, -0.05) is 24.1 Å². The van der Waals surface area contributed by atoms with Gasteiger partial charge in [0, 0.05) is 18.2 Å². The monoisotopic (exact) mass is 237 g/mol. The average Bonchev–Trinajstić information content (AvgIpc) is 2.29. The lowest BCUT2D eigenvalue weighted by atomic mass is 10.1. The van der Waals surface area contributed by atoms with E-state index in [2.05, 4.69) is 11.6 Å². The van der Waals surface area contributed by atoms with Crippen LogP contribution in [0.5, 0.6) is 0 Å². The number of carbonyl (C=O) groups excluding carboxylic acids is 1. The number of nitrogens with zero attached hydrogens (tertiary/aromatic N) is 1. The molecule has 0 atom stereocenters. The Morgan fingerprint density at radius 1 is 1.38 bits per heavy atom. The Hall–Kier alpha value is -1.15. The molecule has 0 N–H and O–H groups in total. The van der Waals surface area contributed by atoms with Crippen molar-refractivity contribution in [3.63, 3.8) is 0 Å². The van der Waals surface area contributed by atoms with Gasteiger partial charge in [0.25, 0.3) is 0 Å². The van der Waals surface area contributed by atoms with Crippen LogP contribution in [0.2, 0.25) is 5.15 Å². The molecule has 1 heterocycles. The summed E-state index contributed by atoms with van der Waals surface area (Å²) in [5.41, 5.74) is 0.646. The predicted molar refractivity (Wildman–Crippen MR) is 66.9 cm³/mol. The predicted octanol–water partition coefficient (Wildman–Crippen LogP) is 4.05. The first-order valence-corrected chi connectivity index (χ1v) is 5.87. The molecule has 0 aromatic carbocycles. The van der Waals surface area contributed by atoms with Crippen LogP contribution >= 0.6 is 11.6 Å². The van der Waals surface area contributed by atoms with E-state index in [-0.39, 0.29) is 5.78 Å². The van der Waals surface area contributed by atoms with Crippen molar-refractivity contribution in [1.29, 1.82) is 0 Å². The summed E-state index contributed by atoms with van der Waals surface area (Å²) in [5.74, 6) is 0.141. The quantitative estimate of drug-likeness (QED) is 0.310. The molecule has 0 unspecified atom stereocenters. The second kappa shape index (κ2) is 7.18. The summed E-state index contributed by atoms with van der Waals surface area (Å²) in [7, 11) is 0. The largest absolute Gasteiger partial charge is 0.294 e. The van der Waals surface area contributed by atoms with Gasteiger partial charge in [-0.15, -0.1) is 6.58 Å². The molecule has 0 fully saturated rings. The smallest absolute Gasteiger partial charge is 0.164 e. The standard InChI is InChI=1S/C13H16ClNO/c1-2-3-4-5-6-7-12(16)11-8-9-13(14)15-10-11/h2,8-10H,1,3-7H2. The van der Waals surface area contributed by atoms with Crippen LogP contribution in [0.25, 0.3) is 0 Å². The summed E-state index contributed by atoms with van der Waals surface area (Å²) in [6.45, 7) is 3.66. The van der Waals surface area contributed by atoms with E-state index in [1.54, 1.807) is 12.1 Å². The van der Waals surface area contributed by atoms with Crippen molar-refractivity contribution in [1.82, 2.24) is 4.98 Å². The molecule has 16 heavy (non-hydrogen) atoms. The summed E-state index contributed by atoms with van der Waals surface area (Å²) in [6.07, 6.45) is 8.15. The van der Waals surface area contributed by atoms with Gasteiger partial charge in [0.15, 0.2) is 5.78 Å². The highest BCUT2D eigenvalue weighted by atomic mass is 35.5. The highest BCUT2D eigenvalue weighted by molar-refractivity contribution is 6.29. The van der Waals surface area contributed by atoms with E-state index in [1.165, 1.54) is 6.20 Å². The Morgan fingerprint density at radius 2 is 2.19 bits per heavy atom. The van der Waals surface area contributed by atoms with Crippen LogP contribution in [-0.4, -0.2) is 10.8 Å². The second-order valence-corrected chi connectivity index (χ2v) is 4.07. The lowest BCUT2D eigenvalue weighted by Gasteiger charge is -2.00. The van der Waals surface area contributed by atoms with E-state index in [4.69, 9.17) is 11.6 Å². The molecule has 1 aromatic rings. The number of pyridine rings is 1. The lowest BCUT2D eigenvalue weighted by molar-refractivity contribution is 0.0979. The van der Waals surface area contributed by atoms with Gasteiger partial charge < -0.3 is 0 Å². The maximum absolute atomic E-state index is 11.7. The van der Waals surface area contributed by atoms with Crippen molar-refractivity contribution >= 4 is 17.4 Å². The maximum Gasteiger partial charge on any atom is 0.164 e. The van der Waals surface area contributed by atoms with Crippen LogP contribution < -0.4 is 0 Å². The summed E-state index contributed by atoms with van der Waals surface area (Å²) < 4.78 is 0. The van der Waals surface area contributed by atoms with Crippen molar-refractivity contribution < 1.29 is 4.79 Å². The summed E-state index contributed by atoms with van der Waals surface area (Å²) in [4.78, 5) is 15.6. The number of hydrogen-bond donors (Lipinski definition) is 0. The third-order valence-electron chi connectivity index (χ3n) is 2.36. The molecule has 0 bridgehead atoms. The van der Waals surface area contributed by atoms with Gasteiger partial charge in [-0.05, 0) is 31.4 Å². The van der Waals surface area contributed by atoms with Gasteiger partial charge in [-0.3, -0.25) is 4.79 Å². The Labute approximate surface area is 101 Å². The zero-order chi connectivity index (χ0) is 11.8. The first-order valence-electron chi connectivity index (χ1n) is 5.49. The molecule has 86 valence electrons. The lowest BCUT2D eigenvalue weighted by Crippen LogP contribution is -1.99. The van der Waals surface area contributed by atoms with E-state index < -0.39 is 0 Å². The van der Waals surface area contributed by atoms with Gasteiger partial charge in [0.2, 0.25) is 0 Å². The van der Waals surface area contributed by atoms with Crippen molar-refractivity contribution in [2.45, 2.75) is 32.1 Å². The molecule has 0 spiro atoms. The Bertz CT molecular complexity index is 345. The summed E-state index contributed by atoms with van der Waals surface area (Å²) in [6, 6.07) is 3.37. The van der Waals surface area contributed by atoms with Crippen molar-refractivity contribution in [3.05, 3.63) is 41.7 Å². The van der Waals surface area contributed by atoms with Gasteiger partial charge in [0.1, 0.15) is 5.15 Å². The van der Waals surface area contributed by atoms with Crippen molar-refractivity contribution in [2.75, 3.05) is 0 Å². The fourth-order valence-electron chi connectivity index (χ4n) is 1.44. The van der Waals surface area contributed by atoms with Crippen LogP contribution in [0.3, 0.4) is 0 Å². The minimum absolute atomic E-state index is 0.141. The number of unbranched alkanes of at least 4 members (excludes halogenated alkanes) is 3. The molecule has 3 heteroatoms. The van der Waals surface area contributed by atoms with Crippen LogP contribution in [0, 0.1) is 0 Å². The summed E-state index contributed by atoms with van der Waals surface area (Å²) >= 11 is 5.65. The van der Waals surface area contributed by atoms with Crippen molar-refractivity contribution in [2.24, 2.45) is 0 Å². The number of hydrogen-bond acceptors (Lipinski definition) is 2. The fourth-order valence-corrected chi connectivity index (χ4v) is 1.55. The average molecular weight is 238 g/mol. The minimum Gasteiger partial charge on any atom is -0.294 e. The molecule has 1 aromatic heterocycles. The molecular formula is C13H16ClNO. The van der Waals surface area contributed by atoms with Crippen LogP contribution in [0.4, 0.5) is 0 Å². The Morgan fingerprint density at radius 3 is 2.81 bits per heavy atom. The highest BCUT2D eigenvalue weighted by Crippen LogP contribution is 2.10. The van der Waals surface area contributed by atoms with Gasteiger partial charge in [-0.25, -0.2) is 4.98 Å². The molecule has 0 saturated carbocycles. The zero-order valence-corrected chi connectivity index (χ0v) is 10.0. The summed E-state index contributed by atoms with van der Waals surface area (Å²) in [5, 5.41) is 0.419. The van der Waals surface area contributed by atoms with Gasteiger partial charge >= 0.3 is 0 Å². The number of aromatic nitrogens is 1.